The number of thiophene rings is 1. The molecule has 0 bridgehead atoms. The number of hydrogen-bond donors (Lipinski definition) is 2. The molecule has 0 saturated heterocycles. The third kappa shape index (κ3) is 4.27. The molecule has 0 radical (unpaired) electrons. The van der Waals surface area contributed by atoms with Crippen molar-refractivity contribution in [1.29, 1.82) is 0 Å². The van der Waals surface area contributed by atoms with Crippen LogP contribution < -0.4 is 10.6 Å². The largest absolute Gasteiger partial charge is 0.336 e. The van der Waals surface area contributed by atoms with Crippen molar-refractivity contribution < 1.29 is 4.79 Å². The smallest absolute Gasteiger partial charge is 0.320 e. The van der Waals surface area contributed by atoms with Gasteiger partial charge in [0, 0.05) is 17.5 Å². The molecular weight excluding hydrogens is 346 g/mol. The topological polar surface area (TPSA) is 62.2 Å². The van der Waals surface area contributed by atoms with Crippen LogP contribution in [0.25, 0.3) is 0 Å². The van der Waals surface area contributed by atoms with Crippen LogP contribution in [0, 0.1) is 13.8 Å². The lowest BCUT2D eigenvalue weighted by atomic mass is 10.1. The zero-order chi connectivity index (χ0) is 18.7. The molecule has 0 spiro atoms. The Kier molecular flexibility index (Phi) is 5.98. The second-order valence-electron chi connectivity index (χ2n) is 7.34. The van der Waals surface area contributed by atoms with E-state index in [0.717, 1.165) is 24.4 Å². The zero-order valence-corrected chi connectivity index (χ0v) is 16.9. The van der Waals surface area contributed by atoms with E-state index < -0.39 is 0 Å². The number of amides is 2. The zero-order valence-electron chi connectivity index (χ0n) is 16.1. The molecule has 26 heavy (non-hydrogen) atoms. The third-order valence-corrected chi connectivity index (χ3v) is 6.17. The van der Waals surface area contributed by atoms with Gasteiger partial charge >= 0.3 is 6.03 Å². The first-order valence-electron chi connectivity index (χ1n) is 9.27. The van der Waals surface area contributed by atoms with E-state index in [2.05, 4.69) is 39.0 Å². The van der Waals surface area contributed by atoms with Gasteiger partial charge in [-0.25, -0.2) is 9.48 Å². The molecule has 2 aromatic rings. The summed E-state index contributed by atoms with van der Waals surface area (Å²) in [7, 11) is 4.09. The Balaban J connectivity index is 1.63. The molecule has 1 fully saturated rings. The molecule has 1 saturated carbocycles. The standard InChI is InChI=1S/C19H29N5OS/c1-13-9-10-26-18(13)16(23(3)4)12-20-19(25)21-17-11-14(2)22-24(17)15-7-5-6-8-15/h9-11,15-16H,5-8,12H2,1-4H3,(H2,20,21,25)/t16-/m1/s1. The number of nitrogens with zero attached hydrogens (tertiary/aromatic N) is 3. The number of nitrogens with one attached hydrogen (secondary N) is 2. The summed E-state index contributed by atoms with van der Waals surface area (Å²) in [4.78, 5) is 15.9. The van der Waals surface area contributed by atoms with Crippen molar-refractivity contribution in [2.45, 2.75) is 51.6 Å². The van der Waals surface area contributed by atoms with Gasteiger partial charge in [-0.05, 0) is 57.8 Å². The molecule has 142 valence electrons. The third-order valence-electron chi connectivity index (χ3n) is 5.05. The van der Waals surface area contributed by atoms with Crippen LogP contribution in [0.1, 0.15) is 53.9 Å². The normalized spacial score (nSPS) is 16.2. The van der Waals surface area contributed by atoms with Gasteiger partial charge in [-0.3, -0.25) is 5.32 Å². The number of hydrogen-bond acceptors (Lipinski definition) is 4. The summed E-state index contributed by atoms with van der Waals surface area (Å²) in [5.41, 5.74) is 2.21. The van der Waals surface area contributed by atoms with Gasteiger partial charge in [0.1, 0.15) is 5.82 Å². The van der Waals surface area contributed by atoms with Gasteiger partial charge in [0.05, 0.1) is 17.8 Å². The maximum Gasteiger partial charge on any atom is 0.320 e. The Hall–Kier alpha value is -1.86. The molecule has 6 nitrogen and oxygen atoms in total. The lowest BCUT2D eigenvalue weighted by Gasteiger charge is -2.24. The maximum absolute atomic E-state index is 12.5. The Morgan fingerprint density at radius 1 is 1.38 bits per heavy atom. The molecule has 2 amide bonds. The molecule has 2 heterocycles. The van der Waals surface area contributed by atoms with Gasteiger partial charge in [0.2, 0.25) is 0 Å². The predicted molar refractivity (Wildman–Crippen MR) is 107 cm³/mol. The number of urea groups is 1. The van der Waals surface area contributed by atoms with Crippen LogP contribution in [0.3, 0.4) is 0 Å². The number of likely N-dealkylation sites (N-methyl/N-ethyl adjacent to an activating group) is 1. The van der Waals surface area contributed by atoms with Gasteiger partial charge in [-0.15, -0.1) is 11.3 Å². The number of rotatable bonds is 6. The molecule has 1 aliphatic carbocycles. The van der Waals surface area contributed by atoms with E-state index >= 15 is 0 Å². The molecule has 2 aromatic heterocycles. The van der Waals surface area contributed by atoms with Crippen molar-refractivity contribution in [3.63, 3.8) is 0 Å². The first-order chi connectivity index (χ1) is 12.5. The van der Waals surface area contributed by atoms with E-state index in [1.54, 1.807) is 11.3 Å². The summed E-state index contributed by atoms with van der Waals surface area (Å²) in [5, 5.41) is 12.7. The van der Waals surface area contributed by atoms with Crippen LogP contribution in [0.5, 0.6) is 0 Å². The Labute approximate surface area is 159 Å². The van der Waals surface area contributed by atoms with Crippen molar-refractivity contribution in [1.82, 2.24) is 20.0 Å². The van der Waals surface area contributed by atoms with Gasteiger partial charge in [-0.1, -0.05) is 12.8 Å². The minimum atomic E-state index is -0.176. The number of anilines is 1. The lowest BCUT2D eigenvalue weighted by Crippen LogP contribution is -2.37. The van der Waals surface area contributed by atoms with Crippen molar-refractivity contribution in [2.24, 2.45) is 0 Å². The molecule has 1 atom stereocenters. The minimum Gasteiger partial charge on any atom is -0.336 e. The predicted octanol–water partition coefficient (Wildman–Crippen LogP) is 4.10. The highest BCUT2D eigenvalue weighted by Gasteiger charge is 2.22. The molecule has 1 aliphatic rings. The highest BCUT2D eigenvalue weighted by molar-refractivity contribution is 7.10. The van der Waals surface area contributed by atoms with Crippen LogP contribution in [-0.4, -0.2) is 41.4 Å². The quantitative estimate of drug-likeness (QED) is 0.799. The lowest BCUT2D eigenvalue weighted by molar-refractivity contribution is 0.243. The first kappa shape index (κ1) is 18.9. The second kappa shape index (κ2) is 8.22. The van der Waals surface area contributed by atoms with E-state index in [9.17, 15) is 4.79 Å². The number of aromatic nitrogens is 2. The molecule has 0 aromatic carbocycles. The number of carbonyl (C=O) groups is 1. The minimum absolute atomic E-state index is 0.169. The highest BCUT2D eigenvalue weighted by atomic mass is 32.1. The highest BCUT2D eigenvalue weighted by Crippen LogP contribution is 2.32. The first-order valence-corrected chi connectivity index (χ1v) is 10.1. The average Bonchev–Trinajstić information content (AvgIpc) is 3.30. The van der Waals surface area contributed by atoms with Gasteiger partial charge in [0.25, 0.3) is 0 Å². The maximum atomic E-state index is 12.5. The number of carbonyl (C=O) groups excluding carboxylic acids is 1. The van der Waals surface area contributed by atoms with Gasteiger partial charge < -0.3 is 10.2 Å². The van der Waals surface area contributed by atoms with Crippen molar-refractivity contribution in [3.05, 3.63) is 33.6 Å². The van der Waals surface area contributed by atoms with Crippen LogP contribution in [0.15, 0.2) is 17.5 Å². The summed E-state index contributed by atoms with van der Waals surface area (Å²) in [6.45, 7) is 4.65. The summed E-state index contributed by atoms with van der Waals surface area (Å²) in [5.74, 6) is 0.792. The Morgan fingerprint density at radius 2 is 2.12 bits per heavy atom. The van der Waals surface area contributed by atoms with Crippen molar-refractivity contribution in [2.75, 3.05) is 26.0 Å². The van der Waals surface area contributed by atoms with Crippen molar-refractivity contribution in [3.8, 4) is 0 Å². The fraction of sp³-hybridized carbons (Fsp3) is 0.579. The van der Waals surface area contributed by atoms with Crippen molar-refractivity contribution >= 4 is 23.2 Å². The van der Waals surface area contributed by atoms with E-state index in [4.69, 9.17) is 0 Å². The van der Waals surface area contributed by atoms with E-state index in [1.165, 1.54) is 23.3 Å². The summed E-state index contributed by atoms with van der Waals surface area (Å²) in [6, 6.07) is 4.47. The average molecular weight is 376 g/mol. The van der Waals surface area contributed by atoms with Gasteiger partial charge in [-0.2, -0.15) is 5.10 Å². The SMILES string of the molecule is Cc1cc(NC(=O)NC[C@H](c2sccc2C)N(C)C)n(C2CCCC2)n1. The van der Waals surface area contributed by atoms with E-state index in [0.29, 0.717) is 12.6 Å². The Morgan fingerprint density at radius 3 is 2.73 bits per heavy atom. The Bertz CT molecular complexity index is 745. The molecule has 0 unspecified atom stereocenters. The molecular formula is C19H29N5OS. The van der Waals surface area contributed by atoms with Gasteiger partial charge in [0.15, 0.2) is 0 Å². The van der Waals surface area contributed by atoms with E-state index in [-0.39, 0.29) is 12.1 Å². The fourth-order valence-corrected chi connectivity index (χ4v) is 4.75. The van der Waals surface area contributed by atoms with Crippen LogP contribution >= 0.6 is 11.3 Å². The number of aryl methyl sites for hydroxylation is 2. The molecule has 7 heteroatoms. The molecule has 0 aliphatic heterocycles. The molecule has 3 rings (SSSR count). The van der Waals surface area contributed by atoms with Crippen LogP contribution in [-0.2, 0) is 0 Å². The second-order valence-corrected chi connectivity index (χ2v) is 8.28. The summed E-state index contributed by atoms with van der Waals surface area (Å²) in [6.07, 6.45) is 4.75. The van der Waals surface area contributed by atoms with E-state index in [1.807, 2.05) is 31.8 Å². The fourth-order valence-electron chi connectivity index (χ4n) is 3.62. The van der Waals surface area contributed by atoms with Crippen LogP contribution in [0.4, 0.5) is 10.6 Å². The monoisotopic (exact) mass is 375 g/mol. The van der Waals surface area contributed by atoms with Crippen LogP contribution in [0.2, 0.25) is 0 Å². The summed E-state index contributed by atoms with van der Waals surface area (Å²) < 4.78 is 1.99. The molecule has 2 N–H and O–H groups in total. The summed E-state index contributed by atoms with van der Waals surface area (Å²) >= 11 is 1.74.